The first-order valence-corrected chi connectivity index (χ1v) is 8.17. The minimum absolute atomic E-state index is 0.213. The number of pyridine rings is 1. The van der Waals surface area contributed by atoms with Crippen LogP contribution in [0.5, 0.6) is 5.88 Å². The van der Waals surface area contributed by atoms with Gasteiger partial charge in [0, 0.05) is 24.8 Å². The van der Waals surface area contributed by atoms with Crippen LogP contribution in [0, 0.1) is 18.8 Å². The Hall–Kier alpha value is -1.78. The normalized spacial score (nSPS) is 21.4. The predicted molar refractivity (Wildman–Crippen MR) is 89.7 cm³/mol. The molecule has 1 aliphatic rings. The lowest BCUT2D eigenvalue weighted by molar-refractivity contribution is 0.0284. The van der Waals surface area contributed by atoms with E-state index in [2.05, 4.69) is 18.0 Å². The summed E-state index contributed by atoms with van der Waals surface area (Å²) in [5.41, 5.74) is 1.71. The zero-order valence-electron chi connectivity index (χ0n) is 15.0. The molecule has 5 heteroatoms. The smallest absolute Gasteiger partial charge is 0.410 e. The van der Waals surface area contributed by atoms with Gasteiger partial charge in [0.25, 0.3) is 0 Å². The first-order chi connectivity index (χ1) is 10.7. The van der Waals surface area contributed by atoms with Crippen LogP contribution in [0.3, 0.4) is 0 Å². The molecule has 0 N–H and O–H groups in total. The zero-order valence-corrected chi connectivity index (χ0v) is 15.0. The molecule has 2 rings (SSSR count). The van der Waals surface area contributed by atoms with Crippen molar-refractivity contribution in [2.45, 2.75) is 46.6 Å². The van der Waals surface area contributed by atoms with Gasteiger partial charge in [0.15, 0.2) is 0 Å². The molecule has 1 aromatic heterocycles. The first kappa shape index (κ1) is 17.6. The van der Waals surface area contributed by atoms with Crippen molar-refractivity contribution in [2.75, 3.05) is 20.2 Å². The van der Waals surface area contributed by atoms with E-state index in [4.69, 9.17) is 9.47 Å². The van der Waals surface area contributed by atoms with Crippen molar-refractivity contribution in [1.82, 2.24) is 9.88 Å². The molecule has 128 valence electrons. The number of methoxy groups -OCH3 is 1. The van der Waals surface area contributed by atoms with E-state index in [9.17, 15) is 4.79 Å². The van der Waals surface area contributed by atoms with Crippen LogP contribution < -0.4 is 4.74 Å². The number of hydrogen-bond acceptors (Lipinski definition) is 4. The number of ether oxygens (including phenoxy) is 2. The van der Waals surface area contributed by atoms with E-state index in [1.807, 2.05) is 38.7 Å². The second kappa shape index (κ2) is 6.77. The summed E-state index contributed by atoms with van der Waals surface area (Å²) in [6.07, 6.45) is 0.704. The zero-order chi connectivity index (χ0) is 17.2. The number of aromatic nitrogens is 1. The molecule has 0 bridgehead atoms. The summed E-state index contributed by atoms with van der Waals surface area (Å²) in [4.78, 5) is 18.4. The molecule has 0 aliphatic carbocycles. The summed E-state index contributed by atoms with van der Waals surface area (Å²) in [6, 6.07) is 4.07. The van der Waals surface area contributed by atoms with Crippen LogP contribution in [0.15, 0.2) is 12.1 Å². The van der Waals surface area contributed by atoms with E-state index < -0.39 is 5.60 Å². The van der Waals surface area contributed by atoms with Crippen LogP contribution in [0.4, 0.5) is 4.79 Å². The van der Waals surface area contributed by atoms with Crippen molar-refractivity contribution in [2.24, 2.45) is 11.8 Å². The van der Waals surface area contributed by atoms with E-state index >= 15 is 0 Å². The Kier molecular flexibility index (Phi) is 5.17. The number of nitrogens with zero attached hydrogens (tertiary/aromatic N) is 2. The number of carbonyl (C=O) groups is 1. The third kappa shape index (κ3) is 4.85. The molecule has 2 atom stereocenters. The molecule has 2 heterocycles. The molecule has 5 nitrogen and oxygen atoms in total. The van der Waals surface area contributed by atoms with Crippen molar-refractivity contribution in [1.29, 1.82) is 0 Å². The molecular formula is C18H28N2O3. The van der Waals surface area contributed by atoms with Gasteiger partial charge in [0.1, 0.15) is 5.60 Å². The second-order valence-electron chi connectivity index (χ2n) is 7.49. The average Bonchev–Trinajstić information content (AvgIpc) is 2.78. The molecular weight excluding hydrogens is 292 g/mol. The highest BCUT2D eigenvalue weighted by Gasteiger charge is 2.34. The van der Waals surface area contributed by atoms with Crippen molar-refractivity contribution in [3.05, 3.63) is 23.4 Å². The Morgan fingerprint density at radius 2 is 2.04 bits per heavy atom. The number of aryl methyl sites for hydroxylation is 1. The molecule has 0 aromatic carbocycles. The maximum absolute atomic E-state index is 12.2. The van der Waals surface area contributed by atoms with Gasteiger partial charge in [-0.15, -0.1) is 0 Å². The van der Waals surface area contributed by atoms with Gasteiger partial charge in [-0.25, -0.2) is 9.78 Å². The van der Waals surface area contributed by atoms with Gasteiger partial charge in [0.2, 0.25) is 5.88 Å². The molecule has 1 unspecified atom stereocenters. The van der Waals surface area contributed by atoms with Gasteiger partial charge in [-0.3, -0.25) is 0 Å². The third-order valence-corrected chi connectivity index (χ3v) is 4.12. The third-order valence-electron chi connectivity index (χ3n) is 4.12. The fourth-order valence-electron chi connectivity index (χ4n) is 3.01. The predicted octanol–water partition coefficient (Wildman–Crippen LogP) is 3.44. The number of amides is 1. The van der Waals surface area contributed by atoms with Crippen LogP contribution in [-0.2, 0) is 11.2 Å². The lowest BCUT2D eigenvalue weighted by atomic mass is 9.91. The molecule has 0 saturated carbocycles. The molecule has 1 aliphatic heterocycles. The monoisotopic (exact) mass is 320 g/mol. The topological polar surface area (TPSA) is 51.7 Å². The summed E-state index contributed by atoms with van der Waals surface area (Å²) in [5, 5.41) is 0. The summed E-state index contributed by atoms with van der Waals surface area (Å²) < 4.78 is 10.7. The number of likely N-dealkylation sites (tertiary alicyclic amines) is 1. The molecule has 1 amide bonds. The summed E-state index contributed by atoms with van der Waals surface area (Å²) >= 11 is 0. The van der Waals surface area contributed by atoms with Crippen LogP contribution in [-0.4, -0.2) is 41.8 Å². The minimum atomic E-state index is -0.450. The maximum Gasteiger partial charge on any atom is 0.410 e. The summed E-state index contributed by atoms with van der Waals surface area (Å²) in [6.45, 7) is 11.3. The van der Waals surface area contributed by atoms with Gasteiger partial charge < -0.3 is 14.4 Å². The molecule has 23 heavy (non-hydrogen) atoms. The highest BCUT2D eigenvalue weighted by Crippen LogP contribution is 2.28. The molecule has 1 saturated heterocycles. The lowest BCUT2D eigenvalue weighted by Gasteiger charge is -2.24. The highest BCUT2D eigenvalue weighted by molar-refractivity contribution is 5.68. The van der Waals surface area contributed by atoms with Crippen LogP contribution in [0.2, 0.25) is 0 Å². The van der Waals surface area contributed by atoms with E-state index in [-0.39, 0.29) is 6.09 Å². The van der Waals surface area contributed by atoms with E-state index in [1.54, 1.807) is 7.11 Å². The van der Waals surface area contributed by atoms with E-state index in [1.165, 1.54) is 5.56 Å². The summed E-state index contributed by atoms with van der Waals surface area (Å²) in [5.74, 6) is 1.52. The SMILES string of the molecule is COc1cc(C[C@H]2CN(C(=O)OC(C)(C)C)CC2C)cc(C)n1. The fraction of sp³-hybridized carbons (Fsp3) is 0.667. The Morgan fingerprint density at radius 1 is 1.35 bits per heavy atom. The average molecular weight is 320 g/mol. The lowest BCUT2D eigenvalue weighted by Crippen LogP contribution is -2.35. The number of carbonyl (C=O) groups excluding carboxylic acids is 1. The van der Waals surface area contributed by atoms with Crippen LogP contribution in [0.25, 0.3) is 0 Å². The largest absolute Gasteiger partial charge is 0.481 e. The van der Waals surface area contributed by atoms with Crippen molar-refractivity contribution in [3.63, 3.8) is 0 Å². The second-order valence-corrected chi connectivity index (χ2v) is 7.49. The van der Waals surface area contributed by atoms with E-state index in [0.29, 0.717) is 17.7 Å². The highest BCUT2D eigenvalue weighted by atomic mass is 16.6. The van der Waals surface area contributed by atoms with Gasteiger partial charge in [0.05, 0.1) is 7.11 Å². The molecule has 0 spiro atoms. The first-order valence-electron chi connectivity index (χ1n) is 8.17. The quantitative estimate of drug-likeness (QED) is 0.856. The van der Waals surface area contributed by atoms with Crippen LogP contribution >= 0.6 is 0 Å². The standard InChI is InChI=1S/C18H28N2O3/c1-12-10-20(17(21)23-18(3,4)5)11-15(12)8-14-7-13(2)19-16(9-14)22-6/h7,9,12,15H,8,10-11H2,1-6H3/t12?,15-/m0/s1. The maximum atomic E-state index is 12.2. The van der Waals surface area contributed by atoms with E-state index in [0.717, 1.165) is 25.2 Å². The number of rotatable bonds is 3. The Labute approximate surface area is 139 Å². The van der Waals surface area contributed by atoms with Gasteiger partial charge in [-0.05, 0) is 57.6 Å². The van der Waals surface area contributed by atoms with Crippen molar-refractivity contribution >= 4 is 6.09 Å². The summed E-state index contributed by atoms with van der Waals surface area (Å²) in [7, 11) is 1.63. The van der Waals surface area contributed by atoms with Crippen molar-refractivity contribution in [3.8, 4) is 5.88 Å². The fourth-order valence-corrected chi connectivity index (χ4v) is 3.01. The Balaban J connectivity index is 2.02. The van der Waals surface area contributed by atoms with Crippen molar-refractivity contribution < 1.29 is 14.3 Å². The van der Waals surface area contributed by atoms with Gasteiger partial charge in [-0.1, -0.05) is 6.92 Å². The Morgan fingerprint density at radius 3 is 2.65 bits per heavy atom. The number of hydrogen-bond donors (Lipinski definition) is 0. The molecule has 0 radical (unpaired) electrons. The minimum Gasteiger partial charge on any atom is -0.481 e. The molecule has 1 aromatic rings. The molecule has 1 fully saturated rings. The van der Waals surface area contributed by atoms with Crippen LogP contribution in [0.1, 0.15) is 39.0 Å². The van der Waals surface area contributed by atoms with Gasteiger partial charge >= 0.3 is 6.09 Å². The van der Waals surface area contributed by atoms with Gasteiger partial charge in [-0.2, -0.15) is 0 Å². The Bertz CT molecular complexity index is 566.